The summed E-state index contributed by atoms with van der Waals surface area (Å²) in [5.74, 6) is 0.154. The molecule has 0 aliphatic carbocycles. The predicted octanol–water partition coefficient (Wildman–Crippen LogP) is 2.81. The van der Waals surface area contributed by atoms with Gasteiger partial charge in [-0.3, -0.25) is 0 Å². The summed E-state index contributed by atoms with van der Waals surface area (Å²) in [6.45, 7) is 0.458. The Morgan fingerprint density at radius 1 is 1.29 bits per heavy atom. The van der Waals surface area contributed by atoms with Crippen molar-refractivity contribution in [3.63, 3.8) is 0 Å². The van der Waals surface area contributed by atoms with E-state index in [1.807, 2.05) is 0 Å². The number of rotatable bonds is 2. The Kier molecular flexibility index (Phi) is 3.01. The topological polar surface area (TPSA) is 35.5 Å². The van der Waals surface area contributed by atoms with Gasteiger partial charge in [-0.05, 0) is 12.1 Å². The van der Waals surface area contributed by atoms with Crippen molar-refractivity contribution in [2.45, 2.75) is 13.0 Å². The molecule has 1 rings (SSSR count). The Morgan fingerprint density at radius 2 is 1.86 bits per heavy atom. The van der Waals surface area contributed by atoms with Crippen molar-refractivity contribution in [3.05, 3.63) is 30.3 Å². The summed E-state index contributed by atoms with van der Waals surface area (Å²) in [5, 5.41) is 0. The largest absolute Gasteiger partial charge is 0.518 e. The van der Waals surface area contributed by atoms with Crippen LogP contribution in [0.15, 0.2) is 30.3 Å². The van der Waals surface area contributed by atoms with Crippen molar-refractivity contribution >= 4 is 6.16 Å². The quantitative estimate of drug-likeness (QED) is 0.546. The zero-order chi connectivity index (χ0) is 10.6. The first-order chi connectivity index (χ1) is 6.47. The minimum atomic E-state index is -3.52. The van der Waals surface area contributed by atoms with Gasteiger partial charge in [0.1, 0.15) is 5.75 Å². The highest BCUT2D eigenvalue weighted by molar-refractivity contribution is 5.63. The maximum absolute atomic E-state index is 12.2. The third-order valence-electron chi connectivity index (χ3n) is 1.21. The van der Waals surface area contributed by atoms with Crippen LogP contribution in [0, 0.1) is 0 Å². The van der Waals surface area contributed by atoms with Gasteiger partial charge in [-0.1, -0.05) is 18.2 Å². The number of benzene rings is 1. The second-order valence-electron chi connectivity index (χ2n) is 2.57. The summed E-state index contributed by atoms with van der Waals surface area (Å²) in [7, 11) is 0. The molecule has 14 heavy (non-hydrogen) atoms. The van der Waals surface area contributed by atoms with E-state index < -0.39 is 12.3 Å². The van der Waals surface area contributed by atoms with Crippen LogP contribution in [0.5, 0.6) is 5.75 Å². The van der Waals surface area contributed by atoms with Gasteiger partial charge in [-0.15, -0.1) is 0 Å². The lowest BCUT2D eigenvalue weighted by molar-refractivity contribution is -0.190. The van der Waals surface area contributed by atoms with E-state index in [1.54, 1.807) is 18.2 Å². The van der Waals surface area contributed by atoms with Crippen molar-refractivity contribution in [2.75, 3.05) is 0 Å². The molecule has 5 heteroatoms. The number of hydrogen-bond donors (Lipinski definition) is 0. The number of halogens is 2. The highest BCUT2D eigenvalue weighted by Crippen LogP contribution is 2.16. The van der Waals surface area contributed by atoms with Gasteiger partial charge in [0, 0.05) is 6.92 Å². The third kappa shape index (κ3) is 3.84. The van der Waals surface area contributed by atoms with Crippen molar-refractivity contribution < 1.29 is 23.0 Å². The molecule has 0 radical (unpaired) electrons. The number of carbonyl (C=O) groups is 1. The van der Waals surface area contributed by atoms with Crippen molar-refractivity contribution in [2.24, 2.45) is 0 Å². The highest BCUT2D eigenvalue weighted by atomic mass is 19.3. The van der Waals surface area contributed by atoms with Gasteiger partial charge in [0.05, 0.1) is 0 Å². The molecular formula is C9H8F2O3. The minimum Gasteiger partial charge on any atom is -0.395 e. The predicted molar refractivity (Wildman–Crippen MR) is 44.2 cm³/mol. The maximum Gasteiger partial charge on any atom is 0.518 e. The van der Waals surface area contributed by atoms with Crippen molar-refractivity contribution in [1.82, 2.24) is 0 Å². The molecular weight excluding hydrogens is 194 g/mol. The minimum absolute atomic E-state index is 0.154. The molecule has 0 saturated heterocycles. The molecule has 0 heterocycles. The molecule has 3 nitrogen and oxygen atoms in total. The van der Waals surface area contributed by atoms with Crippen LogP contribution in [0.2, 0.25) is 0 Å². The van der Waals surface area contributed by atoms with Crippen LogP contribution in [0.25, 0.3) is 0 Å². The van der Waals surface area contributed by atoms with Crippen molar-refractivity contribution in [3.8, 4) is 5.75 Å². The monoisotopic (exact) mass is 202 g/mol. The summed E-state index contributed by atoms with van der Waals surface area (Å²) in [4.78, 5) is 10.7. The van der Waals surface area contributed by atoms with E-state index in [0.717, 1.165) is 0 Å². The number of ether oxygens (including phenoxy) is 2. The summed E-state index contributed by atoms with van der Waals surface area (Å²) < 4.78 is 32.4. The molecule has 0 aliphatic rings. The smallest absolute Gasteiger partial charge is 0.395 e. The number of para-hydroxylation sites is 1. The standard InChI is InChI=1S/C9H8F2O3/c1-9(10,11)14-8(12)13-7-5-3-2-4-6-7/h2-6H,1H3. The Morgan fingerprint density at radius 3 is 2.36 bits per heavy atom. The first kappa shape index (κ1) is 10.4. The second kappa shape index (κ2) is 4.04. The second-order valence-corrected chi connectivity index (χ2v) is 2.57. The normalized spacial score (nSPS) is 10.8. The molecule has 0 unspecified atom stereocenters. The summed E-state index contributed by atoms with van der Waals surface area (Å²) >= 11 is 0. The van der Waals surface area contributed by atoms with E-state index >= 15 is 0 Å². The Bertz CT molecular complexity index is 306. The molecule has 0 fully saturated rings. The van der Waals surface area contributed by atoms with Gasteiger partial charge in [0.15, 0.2) is 0 Å². The van der Waals surface area contributed by atoms with Crippen LogP contribution in [0.1, 0.15) is 6.92 Å². The fourth-order valence-electron chi connectivity index (χ4n) is 0.752. The van der Waals surface area contributed by atoms with Gasteiger partial charge >= 0.3 is 12.3 Å². The van der Waals surface area contributed by atoms with Crippen LogP contribution < -0.4 is 4.74 Å². The van der Waals surface area contributed by atoms with Gasteiger partial charge in [0.25, 0.3) is 0 Å². The van der Waals surface area contributed by atoms with Gasteiger partial charge in [-0.25, -0.2) is 4.79 Å². The fraction of sp³-hybridized carbons (Fsp3) is 0.222. The lowest BCUT2D eigenvalue weighted by atomic mass is 10.3. The molecule has 1 aromatic carbocycles. The van der Waals surface area contributed by atoms with Crippen LogP contribution in [-0.2, 0) is 4.74 Å². The molecule has 1 aromatic rings. The SMILES string of the molecule is CC(F)(F)OC(=O)Oc1ccccc1. The molecule has 0 spiro atoms. The van der Waals surface area contributed by atoms with E-state index in [0.29, 0.717) is 6.92 Å². The van der Waals surface area contributed by atoms with Crippen LogP contribution in [-0.4, -0.2) is 12.3 Å². The summed E-state index contributed by atoms with van der Waals surface area (Å²) in [6.07, 6.45) is -4.95. The van der Waals surface area contributed by atoms with E-state index in [4.69, 9.17) is 0 Å². The first-order valence-corrected chi connectivity index (χ1v) is 3.81. The molecule has 0 saturated carbocycles. The summed E-state index contributed by atoms with van der Waals surface area (Å²) in [5.41, 5.74) is 0. The van der Waals surface area contributed by atoms with E-state index in [1.165, 1.54) is 12.1 Å². The molecule has 0 aromatic heterocycles. The van der Waals surface area contributed by atoms with E-state index in [2.05, 4.69) is 9.47 Å². The molecule has 76 valence electrons. The zero-order valence-corrected chi connectivity index (χ0v) is 7.37. The van der Waals surface area contributed by atoms with Crippen LogP contribution in [0.4, 0.5) is 13.6 Å². The third-order valence-corrected chi connectivity index (χ3v) is 1.21. The molecule has 0 aliphatic heterocycles. The highest BCUT2D eigenvalue weighted by Gasteiger charge is 2.27. The van der Waals surface area contributed by atoms with Crippen molar-refractivity contribution in [1.29, 1.82) is 0 Å². The lowest BCUT2D eigenvalue weighted by Crippen LogP contribution is -2.23. The fourth-order valence-corrected chi connectivity index (χ4v) is 0.752. The molecule has 0 bridgehead atoms. The van der Waals surface area contributed by atoms with Crippen LogP contribution >= 0.6 is 0 Å². The average Bonchev–Trinajstić information content (AvgIpc) is 2.02. The number of hydrogen-bond acceptors (Lipinski definition) is 3. The average molecular weight is 202 g/mol. The van der Waals surface area contributed by atoms with E-state index in [-0.39, 0.29) is 5.75 Å². The maximum atomic E-state index is 12.2. The van der Waals surface area contributed by atoms with Gasteiger partial charge in [0.2, 0.25) is 0 Å². The Labute approximate surface area is 79.2 Å². The molecule has 0 atom stereocenters. The first-order valence-electron chi connectivity index (χ1n) is 3.81. The number of alkyl halides is 2. The van der Waals surface area contributed by atoms with Gasteiger partial charge < -0.3 is 9.47 Å². The molecule has 0 N–H and O–H groups in total. The summed E-state index contributed by atoms with van der Waals surface area (Å²) in [6, 6.07) is 7.82. The Balaban J connectivity index is 2.50. The molecule has 0 amide bonds. The zero-order valence-electron chi connectivity index (χ0n) is 7.37. The van der Waals surface area contributed by atoms with Crippen LogP contribution in [0.3, 0.4) is 0 Å². The lowest BCUT2D eigenvalue weighted by Gasteiger charge is -2.10. The van der Waals surface area contributed by atoms with E-state index in [9.17, 15) is 13.6 Å². The Hall–Kier alpha value is -1.65. The number of carbonyl (C=O) groups excluding carboxylic acids is 1. The van der Waals surface area contributed by atoms with Gasteiger partial charge in [-0.2, -0.15) is 8.78 Å².